The zero-order chi connectivity index (χ0) is 14.7. The highest BCUT2D eigenvalue weighted by Gasteiger charge is 2.19. The van der Waals surface area contributed by atoms with Gasteiger partial charge in [-0.05, 0) is 12.1 Å². The number of hydrogen-bond acceptors (Lipinski definition) is 5. The van der Waals surface area contributed by atoms with E-state index in [1.54, 1.807) is 12.4 Å². The molecular weight excluding hydrogens is 286 g/mol. The molecule has 2 N–H and O–H groups in total. The van der Waals surface area contributed by atoms with Gasteiger partial charge in [0, 0.05) is 32.7 Å². The maximum absolute atomic E-state index is 6.25. The number of hydrogen-bond donors (Lipinski definition) is 1. The zero-order valence-corrected chi connectivity index (χ0v) is 12.5. The summed E-state index contributed by atoms with van der Waals surface area (Å²) in [4.78, 5) is 13.1. The molecule has 21 heavy (non-hydrogen) atoms. The summed E-state index contributed by atoms with van der Waals surface area (Å²) in [6.45, 7) is 4.70. The van der Waals surface area contributed by atoms with E-state index in [4.69, 9.17) is 17.3 Å². The molecule has 5 nitrogen and oxygen atoms in total. The molecule has 1 saturated heterocycles. The summed E-state index contributed by atoms with van der Waals surface area (Å²) in [6, 6.07) is 8.00. The van der Waals surface area contributed by atoms with Gasteiger partial charge < -0.3 is 10.6 Å². The first-order valence-corrected chi connectivity index (χ1v) is 7.38. The lowest BCUT2D eigenvalue weighted by molar-refractivity contribution is 0.247. The van der Waals surface area contributed by atoms with Crippen molar-refractivity contribution in [3.05, 3.63) is 47.4 Å². The molecule has 1 aliphatic rings. The topological polar surface area (TPSA) is 58.3 Å². The first-order valence-electron chi connectivity index (χ1n) is 7.00. The van der Waals surface area contributed by atoms with Crippen molar-refractivity contribution in [1.82, 2.24) is 14.9 Å². The van der Waals surface area contributed by atoms with Crippen molar-refractivity contribution in [2.24, 2.45) is 0 Å². The van der Waals surface area contributed by atoms with Crippen LogP contribution in [0.1, 0.15) is 5.69 Å². The summed E-state index contributed by atoms with van der Waals surface area (Å²) < 4.78 is 0. The molecule has 0 radical (unpaired) electrons. The molecule has 3 rings (SSSR count). The second kappa shape index (κ2) is 6.28. The van der Waals surface area contributed by atoms with Gasteiger partial charge in [0.15, 0.2) is 0 Å². The lowest BCUT2D eigenvalue weighted by Crippen LogP contribution is -2.46. The van der Waals surface area contributed by atoms with E-state index in [-0.39, 0.29) is 0 Å². The van der Waals surface area contributed by atoms with Crippen LogP contribution in [0, 0.1) is 0 Å². The maximum Gasteiger partial charge on any atom is 0.141 e. The van der Waals surface area contributed by atoms with Crippen LogP contribution in [0.3, 0.4) is 0 Å². The minimum Gasteiger partial charge on any atom is -0.382 e. The second-order valence-electron chi connectivity index (χ2n) is 5.15. The maximum atomic E-state index is 6.25. The smallest absolute Gasteiger partial charge is 0.141 e. The molecule has 0 spiro atoms. The molecule has 6 heteroatoms. The molecule has 0 bridgehead atoms. The first-order chi connectivity index (χ1) is 10.2. The Bertz CT molecular complexity index is 593. The fourth-order valence-corrected chi connectivity index (χ4v) is 2.79. The number of aromatic nitrogens is 2. The second-order valence-corrected chi connectivity index (χ2v) is 5.55. The first kappa shape index (κ1) is 14.1. The largest absolute Gasteiger partial charge is 0.382 e. The number of para-hydroxylation sites is 1. The van der Waals surface area contributed by atoms with Gasteiger partial charge in [-0.15, -0.1) is 0 Å². The van der Waals surface area contributed by atoms with Gasteiger partial charge in [-0.2, -0.15) is 0 Å². The lowest BCUT2D eigenvalue weighted by Gasteiger charge is -2.36. The standard InChI is InChI=1S/C15H18ClN5/c16-13-3-1-2-4-14(13)21-7-5-20(6-8-21)11-12-9-19-15(17)10-18-12/h1-4,9-10H,5-8,11H2,(H2,17,19). The number of anilines is 2. The van der Waals surface area contributed by atoms with Crippen LogP contribution in [0.25, 0.3) is 0 Å². The highest BCUT2D eigenvalue weighted by Crippen LogP contribution is 2.26. The number of nitrogen functional groups attached to an aromatic ring is 1. The van der Waals surface area contributed by atoms with Crippen LogP contribution in [0.5, 0.6) is 0 Å². The van der Waals surface area contributed by atoms with E-state index in [0.29, 0.717) is 5.82 Å². The quantitative estimate of drug-likeness (QED) is 0.940. The van der Waals surface area contributed by atoms with Gasteiger partial charge >= 0.3 is 0 Å². The Balaban J connectivity index is 1.58. The molecule has 0 aliphatic carbocycles. The van der Waals surface area contributed by atoms with Crippen LogP contribution in [-0.4, -0.2) is 41.0 Å². The molecule has 1 fully saturated rings. The van der Waals surface area contributed by atoms with Crippen molar-refractivity contribution < 1.29 is 0 Å². The van der Waals surface area contributed by atoms with Gasteiger partial charge in [0.25, 0.3) is 0 Å². The number of nitrogens with zero attached hydrogens (tertiary/aromatic N) is 4. The molecule has 0 unspecified atom stereocenters. The van der Waals surface area contributed by atoms with E-state index in [1.165, 1.54) is 0 Å². The highest BCUT2D eigenvalue weighted by atomic mass is 35.5. The third-order valence-electron chi connectivity index (χ3n) is 3.68. The fourth-order valence-electron chi connectivity index (χ4n) is 2.53. The van der Waals surface area contributed by atoms with Crippen LogP contribution in [0.2, 0.25) is 5.02 Å². The van der Waals surface area contributed by atoms with Crippen LogP contribution >= 0.6 is 11.6 Å². The van der Waals surface area contributed by atoms with Gasteiger partial charge in [0.1, 0.15) is 5.82 Å². The molecule has 1 aromatic heterocycles. The molecule has 0 saturated carbocycles. The van der Waals surface area contributed by atoms with Gasteiger partial charge in [-0.3, -0.25) is 9.88 Å². The summed E-state index contributed by atoms with van der Waals surface area (Å²) in [6.07, 6.45) is 3.35. The van der Waals surface area contributed by atoms with E-state index in [0.717, 1.165) is 49.1 Å². The van der Waals surface area contributed by atoms with E-state index in [1.807, 2.05) is 18.2 Å². The predicted octanol–water partition coefficient (Wildman–Crippen LogP) is 2.03. The summed E-state index contributed by atoms with van der Waals surface area (Å²) >= 11 is 6.25. The molecule has 2 heterocycles. The number of rotatable bonds is 3. The van der Waals surface area contributed by atoms with Gasteiger partial charge in [0.05, 0.1) is 28.8 Å². The Morgan fingerprint density at radius 2 is 1.81 bits per heavy atom. The Hall–Kier alpha value is -1.85. The van der Waals surface area contributed by atoms with Crippen molar-refractivity contribution in [2.75, 3.05) is 36.8 Å². The normalized spacial score (nSPS) is 16.1. The number of piperazine rings is 1. The van der Waals surface area contributed by atoms with E-state index in [9.17, 15) is 0 Å². The summed E-state index contributed by atoms with van der Waals surface area (Å²) in [5.41, 5.74) is 7.62. The minimum absolute atomic E-state index is 0.460. The predicted molar refractivity (Wildman–Crippen MR) is 85.4 cm³/mol. The van der Waals surface area contributed by atoms with E-state index in [2.05, 4.69) is 25.8 Å². The van der Waals surface area contributed by atoms with Crippen molar-refractivity contribution in [2.45, 2.75) is 6.54 Å². The average Bonchev–Trinajstić information content (AvgIpc) is 2.51. The lowest BCUT2D eigenvalue weighted by atomic mass is 10.2. The summed E-state index contributed by atoms with van der Waals surface area (Å²) in [7, 11) is 0. The minimum atomic E-state index is 0.460. The van der Waals surface area contributed by atoms with E-state index < -0.39 is 0 Å². The van der Waals surface area contributed by atoms with Crippen LogP contribution < -0.4 is 10.6 Å². The van der Waals surface area contributed by atoms with Crippen molar-refractivity contribution in [3.63, 3.8) is 0 Å². The number of benzene rings is 1. The average molecular weight is 304 g/mol. The third-order valence-corrected chi connectivity index (χ3v) is 4.00. The van der Waals surface area contributed by atoms with Crippen molar-refractivity contribution >= 4 is 23.1 Å². The molecule has 1 aliphatic heterocycles. The molecule has 1 aromatic carbocycles. The Morgan fingerprint density at radius 3 is 2.48 bits per heavy atom. The molecular formula is C15H18ClN5. The van der Waals surface area contributed by atoms with Gasteiger partial charge in [-0.1, -0.05) is 23.7 Å². The SMILES string of the molecule is Nc1cnc(CN2CCN(c3ccccc3Cl)CC2)cn1. The van der Waals surface area contributed by atoms with Gasteiger partial charge in [0.2, 0.25) is 0 Å². The Kier molecular flexibility index (Phi) is 4.22. The molecule has 2 aromatic rings. The van der Waals surface area contributed by atoms with E-state index >= 15 is 0 Å². The zero-order valence-electron chi connectivity index (χ0n) is 11.7. The summed E-state index contributed by atoms with van der Waals surface area (Å²) in [5.74, 6) is 0.460. The van der Waals surface area contributed by atoms with Crippen LogP contribution in [0.4, 0.5) is 11.5 Å². The molecule has 0 amide bonds. The third kappa shape index (κ3) is 3.43. The van der Waals surface area contributed by atoms with Gasteiger partial charge in [-0.25, -0.2) is 4.98 Å². The number of halogens is 1. The van der Waals surface area contributed by atoms with Crippen LogP contribution in [0.15, 0.2) is 36.7 Å². The molecule has 0 atom stereocenters. The van der Waals surface area contributed by atoms with Crippen molar-refractivity contribution in [1.29, 1.82) is 0 Å². The number of nitrogens with two attached hydrogens (primary N) is 1. The summed E-state index contributed by atoms with van der Waals surface area (Å²) in [5, 5.41) is 0.815. The highest BCUT2D eigenvalue weighted by molar-refractivity contribution is 6.33. The Morgan fingerprint density at radius 1 is 1.05 bits per heavy atom. The van der Waals surface area contributed by atoms with Crippen LogP contribution in [-0.2, 0) is 6.54 Å². The van der Waals surface area contributed by atoms with Crippen molar-refractivity contribution in [3.8, 4) is 0 Å². The fraction of sp³-hybridized carbons (Fsp3) is 0.333. The monoisotopic (exact) mass is 303 g/mol. The Labute approximate surface area is 129 Å². The molecule has 110 valence electrons.